The maximum absolute atomic E-state index is 8.79. The lowest BCUT2D eigenvalue weighted by atomic mass is 10.0. The topological polar surface area (TPSA) is 60.7 Å². The molecule has 0 saturated heterocycles. The zero-order chi connectivity index (χ0) is 6.78. The molecule has 3 nitrogen and oxygen atoms in total. The summed E-state index contributed by atoms with van der Waals surface area (Å²) in [6.07, 6.45) is -0.993. The van der Waals surface area contributed by atoms with Crippen LogP contribution in [0.15, 0.2) is 0 Å². The van der Waals surface area contributed by atoms with E-state index in [1.165, 1.54) is 6.92 Å². The van der Waals surface area contributed by atoms with Crippen molar-refractivity contribution in [2.45, 2.75) is 18.6 Å². The molecule has 0 fully saturated rings. The van der Waals surface area contributed by atoms with Crippen LogP contribution in [-0.2, 0) is 0 Å². The van der Waals surface area contributed by atoms with E-state index in [-0.39, 0.29) is 0 Å². The van der Waals surface area contributed by atoms with E-state index in [2.05, 4.69) is 6.92 Å². The summed E-state index contributed by atoms with van der Waals surface area (Å²) < 4.78 is 0. The van der Waals surface area contributed by atoms with E-state index < -0.39 is 18.3 Å². The zero-order valence-electron chi connectivity index (χ0n) is 4.83. The minimum atomic E-state index is -1.60. The fourth-order valence-corrected chi connectivity index (χ4v) is 0.132. The first kappa shape index (κ1) is 7.88. The Labute approximate surface area is 48.6 Å². The van der Waals surface area contributed by atoms with Gasteiger partial charge in [-0.05, 0) is 13.8 Å². The van der Waals surface area contributed by atoms with E-state index >= 15 is 0 Å². The van der Waals surface area contributed by atoms with Gasteiger partial charge in [0.25, 0.3) is 0 Å². The van der Waals surface area contributed by atoms with Crippen molar-refractivity contribution in [2.75, 3.05) is 6.61 Å². The molecule has 8 heavy (non-hydrogen) atoms. The van der Waals surface area contributed by atoms with E-state index in [0.717, 1.165) is 0 Å². The van der Waals surface area contributed by atoms with Crippen LogP contribution in [0.4, 0.5) is 0 Å². The van der Waals surface area contributed by atoms with Crippen LogP contribution in [0.2, 0.25) is 0 Å². The summed E-state index contributed by atoms with van der Waals surface area (Å²) in [6.45, 7) is 3.98. The Morgan fingerprint density at radius 3 is 2.12 bits per heavy atom. The van der Waals surface area contributed by atoms with Gasteiger partial charge >= 0.3 is 0 Å². The van der Waals surface area contributed by atoms with Gasteiger partial charge in [-0.1, -0.05) is 0 Å². The van der Waals surface area contributed by atoms with Crippen LogP contribution in [0.25, 0.3) is 0 Å². The van der Waals surface area contributed by atoms with Crippen molar-refractivity contribution < 1.29 is 15.3 Å². The number of hydrogen-bond donors (Lipinski definition) is 3. The molecule has 0 heterocycles. The smallest absolute Gasteiger partial charge is 0.113 e. The molecule has 2 atom stereocenters. The molecule has 0 aromatic heterocycles. The standard InChI is InChI=1S/C5H11O3/c1-4(7)5(2,8)3-6/h4,6-8H,2-3H2,1H3. The van der Waals surface area contributed by atoms with E-state index in [1.807, 2.05) is 0 Å². The summed E-state index contributed by atoms with van der Waals surface area (Å²) in [5.41, 5.74) is -1.60. The first-order valence-electron chi connectivity index (χ1n) is 2.37. The van der Waals surface area contributed by atoms with Crippen molar-refractivity contribution in [3.8, 4) is 0 Å². The maximum Gasteiger partial charge on any atom is 0.113 e. The molecule has 1 radical (unpaired) electrons. The lowest BCUT2D eigenvalue weighted by Gasteiger charge is -2.22. The van der Waals surface area contributed by atoms with Gasteiger partial charge in [-0.3, -0.25) is 0 Å². The van der Waals surface area contributed by atoms with Crippen LogP contribution in [0.5, 0.6) is 0 Å². The normalized spacial score (nSPS) is 22.1. The molecule has 0 aliphatic heterocycles. The van der Waals surface area contributed by atoms with Gasteiger partial charge in [-0.25, -0.2) is 0 Å². The molecule has 0 aromatic carbocycles. The number of hydrogen-bond acceptors (Lipinski definition) is 3. The molecule has 0 spiro atoms. The zero-order valence-corrected chi connectivity index (χ0v) is 4.83. The number of aliphatic hydroxyl groups is 3. The summed E-state index contributed by atoms with van der Waals surface area (Å²) >= 11 is 0. The third-order valence-corrected chi connectivity index (χ3v) is 1.05. The SMILES string of the molecule is [CH2]C(O)(CO)C(C)O. The van der Waals surface area contributed by atoms with E-state index in [4.69, 9.17) is 15.3 Å². The first-order chi connectivity index (χ1) is 3.50. The molecule has 2 unspecified atom stereocenters. The molecular weight excluding hydrogens is 108 g/mol. The fraction of sp³-hybridized carbons (Fsp3) is 0.800. The highest BCUT2D eigenvalue weighted by Crippen LogP contribution is 2.05. The van der Waals surface area contributed by atoms with Crippen molar-refractivity contribution >= 4 is 0 Å². The molecule has 3 heteroatoms. The third kappa shape index (κ3) is 1.78. The monoisotopic (exact) mass is 119 g/mol. The highest BCUT2D eigenvalue weighted by molar-refractivity contribution is 4.85. The molecule has 49 valence electrons. The lowest BCUT2D eigenvalue weighted by Crippen LogP contribution is -2.40. The van der Waals surface area contributed by atoms with Crippen molar-refractivity contribution in [2.24, 2.45) is 0 Å². The molecule has 3 N–H and O–H groups in total. The first-order valence-corrected chi connectivity index (χ1v) is 2.37. The van der Waals surface area contributed by atoms with Gasteiger partial charge in [0.05, 0.1) is 12.7 Å². The van der Waals surface area contributed by atoms with E-state index in [1.54, 1.807) is 0 Å². The van der Waals surface area contributed by atoms with Gasteiger partial charge in [-0.2, -0.15) is 0 Å². The van der Waals surface area contributed by atoms with Crippen molar-refractivity contribution in [3.05, 3.63) is 6.92 Å². The maximum atomic E-state index is 8.79. The Balaban J connectivity index is 3.71. The van der Waals surface area contributed by atoms with Gasteiger partial charge in [0.2, 0.25) is 0 Å². The molecular formula is C5H11O3. The van der Waals surface area contributed by atoms with Gasteiger partial charge in [-0.15, -0.1) is 0 Å². The largest absolute Gasteiger partial charge is 0.393 e. The van der Waals surface area contributed by atoms with E-state index in [9.17, 15) is 0 Å². The molecule has 0 aliphatic rings. The lowest BCUT2D eigenvalue weighted by molar-refractivity contribution is -0.0648. The van der Waals surface area contributed by atoms with Gasteiger partial charge in [0.15, 0.2) is 0 Å². The van der Waals surface area contributed by atoms with Crippen LogP contribution in [0.3, 0.4) is 0 Å². The summed E-state index contributed by atoms with van der Waals surface area (Å²) in [5.74, 6) is 0. The number of aliphatic hydroxyl groups excluding tert-OH is 2. The second-order valence-corrected chi connectivity index (χ2v) is 1.94. The highest BCUT2D eigenvalue weighted by Gasteiger charge is 2.25. The van der Waals surface area contributed by atoms with E-state index in [0.29, 0.717) is 0 Å². The summed E-state index contributed by atoms with van der Waals surface area (Å²) in [4.78, 5) is 0. The fourth-order valence-electron chi connectivity index (χ4n) is 0.132. The second-order valence-electron chi connectivity index (χ2n) is 1.94. The van der Waals surface area contributed by atoms with Crippen molar-refractivity contribution in [1.29, 1.82) is 0 Å². The predicted molar refractivity (Wildman–Crippen MR) is 29.1 cm³/mol. The minimum absolute atomic E-state index is 0.523. The summed E-state index contributed by atoms with van der Waals surface area (Å²) in [5, 5.41) is 25.7. The minimum Gasteiger partial charge on any atom is -0.393 e. The summed E-state index contributed by atoms with van der Waals surface area (Å²) in [7, 11) is 0. The Morgan fingerprint density at radius 2 is 2.12 bits per heavy atom. The molecule has 0 bridgehead atoms. The van der Waals surface area contributed by atoms with Crippen LogP contribution in [-0.4, -0.2) is 33.6 Å². The summed E-state index contributed by atoms with van der Waals surface area (Å²) in [6, 6.07) is 0. The second kappa shape index (κ2) is 2.44. The van der Waals surface area contributed by atoms with Crippen molar-refractivity contribution in [1.82, 2.24) is 0 Å². The van der Waals surface area contributed by atoms with Crippen LogP contribution in [0.1, 0.15) is 6.92 Å². The van der Waals surface area contributed by atoms with Gasteiger partial charge in [0, 0.05) is 0 Å². The Bertz CT molecular complexity index is 68.1. The highest BCUT2D eigenvalue weighted by atomic mass is 16.4. The molecule has 0 aliphatic carbocycles. The van der Waals surface area contributed by atoms with Gasteiger partial charge < -0.3 is 15.3 Å². The molecule has 0 aromatic rings. The Morgan fingerprint density at radius 1 is 1.75 bits per heavy atom. The quantitative estimate of drug-likeness (QED) is 0.433. The molecule has 0 rings (SSSR count). The molecule has 0 saturated carbocycles. The van der Waals surface area contributed by atoms with Crippen molar-refractivity contribution in [3.63, 3.8) is 0 Å². The Hall–Kier alpha value is -0.120. The third-order valence-electron chi connectivity index (χ3n) is 1.05. The van der Waals surface area contributed by atoms with Crippen LogP contribution >= 0.6 is 0 Å². The Kier molecular flexibility index (Phi) is 2.40. The van der Waals surface area contributed by atoms with Crippen LogP contribution in [0, 0.1) is 6.92 Å². The predicted octanol–water partition coefficient (Wildman–Crippen LogP) is -1.08. The average molecular weight is 119 g/mol. The van der Waals surface area contributed by atoms with Crippen LogP contribution < -0.4 is 0 Å². The average Bonchev–Trinajstić information content (AvgIpc) is 1.67. The number of rotatable bonds is 2. The van der Waals surface area contributed by atoms with Gasteiger partial charge in [0.1, 0.15) is 5.60 Å². The molecule has 0 amide bonds.